The monoisotopic (exact) mass is 459 g/mol. The van der Waals surface area contributed by atoms with Crippen molar-refractivity contribution in [3.63, 3.8) is 0 Å². The van der Waals surface area contributed by atoms with Crippen LogP contribution in [0.2, 0.25) is 5.02 Å². The third kappa shape index (κ3) is 5.41. The molecule has 0 aliphatic heterocycles. The number of nitrogens with zero attached hydrogens (tertiary/aromatic N) is 1. The number of aliphatic hydroxyl groups excluding tert-OH is 1. The Morgan fingerprint density at radius 2 is 1.97 bits per heavy atom. The molecule has 1 aliphatic rings. The van der Waals surface area contributed by atoms with E-state index in [0.717, 1.165) is 27.7 Å². The molecule has 0 saturated carbocycles. The number of carboxylic acids is 1. The van der Waals surface area contributed by atoms with Crippen molar-refractivity contribution in [2.45, 2.75) is 25.9 Å². The number of halogens is 1. The highest BCUT2D eigenvalue weighted by atomic mass is 35.5. The van der Waals surface area contributed by atoms with Gasteiger partial charge in [-0.3, -0.25) is 4.79 Å². The Labute approximate surface area is 198 Å². The van der Waals surface area contributed by atoms with Crippen molar-refractivity contribution in [3.05, 3.63) is 101 Å². The highest BCUT2D eigenvalue weighted by molar-refractivity contribution is 6.31. The van der Waals surface area contributed by atoms with E-state index in [0.29, 0.717) is 17.9 Å². The van der Waals surface area contributed by atoms with Gasteiger partial charge in [0.2, 0.25) is 0 Å². The Morgan fingerprint density at radius 3 is 2.79 bits per heavy atom. The predicted octanol–water partition coefficient (Wildman–Crippen LogP) is 6.71. The van der Waals surface area contributed by atoms with Crippen molar-refractivity contribution in [2.75, 3.05) is 0 Å². The first kappa shape index (κ1) is 23.0. The van der Waals surface area contributed by atoms with E-state index in [1.54, 1.807) is 12.2 Å². The average molecular weight is 460 g/mol. The minimum atomic E-state index is -0.843. The van der Waals surface area contributed by atoms with Gasteiger partial charge in [-0.2, -0.15) is 0 Å². The summed E-state index contributed by atoms with van der Waals surface area (Å²) in [6.45, 7) is 1.93. The third-order valence-electron chi connectivity index (χ3n) is 6.24. The molecule has 0 radical (unpaired) electrons. The van der Waals surface area contributed by atoms with E-state index >= 15 is 0 Å². The van der Waals surface area contributed by atoms with Crippen LogP contribution in [-0.4, -0.2) is 21.2 Å². The van der Waals surface area contributed by atoms with Gasteiger partial charge < -0.3 is 10.2 Å². The molecule has 0 bridgehead atoms. The number of carbonyl (C=O) groups is 1. The number of rotatable bonds is 7. The molecular weight excluding hydrogens is 434 g/mol. The second-order valence-electron chi connectivity index (χ2n) is 8.70. The summed E-state index contributed by atoms with van der Waals surface area (Å²) < 4.78 is 0. The summed E-state index contributed by atoms with van der Waals surface area (Å²) in [5.74, 6) is -1.43. The van der Waals surface area contributed by atoms with Gasteiger partial charge in [0.15, 0.2) is 0 Å². The van der Waals surface area contributed by atoms with Gasteiger partial charge in [0.1, 0.15) is 0 Å². The average Bonchev–Trinajstić information content (AvgIpc) is 2.81. The fourth-order valence-corrected chi connectivity index (χ4v) is 4.41. The van der Waals surface area contributed by atoms with Crippen molar-refractivity contribution in [1.29, 1.82) is 0 Å². The summed E-state index contributed by atoms with van der Waals surface area (Å²) in [7, 11) is 0. The summed E-state index contributed by atoms with van der Waals surface area (Å²) >= 11 is 6.08. The quantitative estimate of drug-likeness (QED) is 0.412. The summed E-state index contributed by atoms with van der Waals surface area (Å²) in [6.07, 6.45) is 11.6. The fourth-order valence-electron chi connectivity index (χ4n) is 4.24. The predicted molar refractivity (Wildman–Crippen MR) is 134 cm³/mol. The molecule has 5 heteroatoms. The second-order valence-corrected chi connectivity index (χ2v) is 9.13. The van der Waals surface area contributed by atoms with Crippen molar-refractivity contribution >= 4 is 40.6 Å². The lowest BCUT2D eigenvalue weighted by Gasteiger charge is -2.33. The van der Waals surface area contributed by atoms with Crippen molar-refractivity contribution < 1.29 is 15.0 Å². The van der Waals surface area contributed by atoms with Crippen LogP contribution >= 0.6 is 11.6 Å². The molecule has 168 valence electrons. The fraction of sp³-hybridized carbons (Fsp3) is 0.214. The summed E-state index contributed by atoms with van der Waals surface area (Å²) in [5, 5.41) is 22.0. The number of hydrogen-bond donors (Lipinski definition) is 2. The van der Waals surface area contributed by atoms with Crippen molar-refractivity contribution in [3.8, 4) is 0 Å². The van der Waals surface area contributed by atoms with Gasteiger partial charge >= 0.3 is 5.97 Å². The van der Waals surface area contributed by atoms with Crippen LogP contribution in [0.3, 0.4) is 0 Å². The Morgan fingerprint density at radius 1 is 1.15 bits per heavy atom. The lowest BCUT2D eigenvalue weighted by Crippen LogP contribution is -2.32. The molecule has 0 amide bonds. The SMILES string of the molecule is CC1(CCC(O)c2cccc(/C=C/c3ccc4ccc(Cl)cc4n3)c2)C=CC=CC1C(=O)O. The molecule has 3 atom stereocenters. The molecule has 0 fully saturated rings. The van der Waals surface area contributed by atoms with E-state index in [9.17, 15) is 15.0 Å². The molecule has 1 heterocycles. The van der Waals surface area contributed by atoms with Crippen LogP contribution in [0.15, 0.2) is 78.9 Å². The highest BCUT2D eigenvalue weighted by Gasteiger charge is 2.36. The molecule has 4 rings (SSSR count). The normalized spacial score (nSPS) is 21.0. The molecule has 33 heavy (non-hydrogen) atoms. The van der Waals surface area contributed by atoms with Crippen LogP contribution in [0.1, 0.15) is 42.7 Å². The Bertz CT molecular complexity index is 1260. The number of hydrogen-bond acceptors (Lipinski definition) is 3. The van der Waals surface area contributed by atoms with Gasteiger partial charge in [-0.05, 0) is 54.3 Å². The molecule has 2 N–H and O–H groups in total. The first-order valence-corrected chi connectivity index (χ1v) is 11.3. The van der Waals surface area contributed by atoms with E-state index in [1.165, 1.54) is 0 Å². The number of fused-ring (bicyclic) bond motifs is 1. The van der Waals surface area contributed by atoms with Gasteiger partial charge in [0.05, 0.1) is 23.2 Å². The van der Waals surface area contributed by atoms with Gasteiger partial charge in [-0.15, -0.1) is 0 Å². The standard InChI is InChI=1S/C28H26ClNO3/c1-28(15-3-2-7-24(28)27(32)33)16-14-26(31)21-6-4-5-19(17-21)8-12-23-13-10-20-9-11-22(29)18-25(20)30-23/h2-13,15,17-18,24,26,31H,14,16H2,1H3,(H,32,33)/b12-8+. The maximum Gasteiger partial charge on any atom is 0.311 e. The zero-order chi connectivity index (χ0) is 23.4. The molecule has 2 aromatic carbocycles. The van der Waals surface area contributed by atoms with Crippen LogP contribution < -0.4 is 0 Å². The minimum Gasteiger partial charge on any atom is -0.481 e. The Hall–Kier alpha value is -3.21. The highest BCUT2D eigenvalue weighted by Crippen LogP contribution is 2.39. The first-order valence-electron chi connectivity index (χ1n) is 11.0. The number of benzene rings is 2. The molecule has 4 nitrogen and oxygen atoms in total. The summed E-state index contributed by atoms with van der Waals surface area (Å²) in [6, 6.07) is 17.3. The smallest absolute Gasteiger partial charge is 0.311 e. The van der Waals surface area contributed by atoms with Gasteiger partial charge in [0, 0.05) is 15.8 Å². The second kappa shape index (κ2) is 9.74. The maximum absolute atomic E-state index is 11.6. The molecule has 0 saturated heterocycles. The molecule has 0 spiro atoms. The third-order valence-corrected chi connectivity index (χ3v) is 6.48. The van der Waals surface area contributed by atoms with E-state index in [4.69, 9.17) is 11.6 Å². The van der Waals surface area contributed by atoms with Gasteiger partial charge in [-0.1, -0.05) is 79.2 Å². The summed E-state index contributed by atoms with van der Waals surface area (Å²) in [5.41, 5.74) is 2.90. The topological polar surface area (TPSA) is 70.4 Å². The van der Waals surface area contributed by atoms with Crippen LogP contribution in [0.5, 0.6) is 0 Å². The Kier molecular flexibility index (Phi) is 6.77. The number of aliphatic hydroxyl groups is 1. The number of carboxylic acid groups (broad SMARTS) is 1. The van der Waals surface area contributed by atoms with Crippen LogP contribution in [0.4, 0.5) is 0 Å². The van der Waals surface area contributed by atoms with E-state index in [2.05, 4.69) is 4.98 Å². The largest absolute Gasteiger partial charge is 0.481 e. The summed E-state index contributed by atoms with van der Waals surface area (Å²) in [4.78, 5) is 16.3. The molecule has 1 aliphatic carbocycles. The minimum absolute atomic E-state index is 0.471. The lowest BCUT2D eigenvalue weighted by molar-refractivity contribution is -0.143. The van der Waals surface area contributed by atoms with E-state index < -0.39 is 23.4 Å². The number of aliphatic carboxylic acids is 1. The van der Waals surface area contributed by atoms with Crippen LogP contribution in [0, 0.1) is 11.3 Å². The Balaban J connectivity index is 1.45. The molecule has 3 unspecified atom stereocenters. The maximum atomic E-state index is 11.6. The van der Waals surface area contributed by atoms with Gasteiger partial charge in [-0.25, -0.2) is 4.98 Å². The van der Waals surface area contributed by atoms with Crippen molar-refractivity contribution in [2.24, 2.45) is 11.3 Å². The van der Waals surface area contributed by atoms with Crippen LogP contribution in [0.25, 0.3) is 23.1 Å². The number of pyridine rings is 1. The molecular formula is C28H26ClNO3. The van der Waals surface area contributed by atoms with E-state index in [-0.39, 0.29) is 0 Å². The van der Waals surface area contributed by atoms with Gasteiger partial charge in [0.25, 0.3) is 0 Å². The number of allylic oxidation sites excluding steroid dienone is 3. The zero-order valence-corrected chi connectivity index (χ0v) is 19.1. The molecule has 1 aromatic heterocycles. The van der Waals surface area contributed by atoms with E-state index in [1.807, 2.05) is 85.8 Å². The lowest BCUT2D eigenvalue weighted by atomic mass is 9.71. The first-order chi connectivity index (χ1) is 15.8. The molecule has 3 aromatic rings. The van der Waals surface area contributed by atoms with Crippen LogP contribution in [-0.2, 0) is 4.79 Å². The van der Waals surface area contributed by atoms with Crippen molar-refractivity contribution in [1.82, 2.24) is 4.98 Å². The number of aromatic nitrogens is 1. The zero-order valence-electron chi connectivity index (χ0n) is 18.4.